The topological polar surface area (TPSA) is 46.7 Å². The van der Waals surface area contributed by atoms with Crippen molar-refractivity contribution < 1.29 is 4.79 Å². The van der Waals surface area contributed by atoms with Gasteiger partial charge in [-0.05, 0) is 19.1 Å². The number of aryl methyl sites for hydroxylation is 1. The summed E-state index contributed by atoms with van der Waals surface area (Å²) in [4.78, 5) is 11.8. The van der Waals surface area contributed by atoms with Gasteiger partial charge in [0.15, 0.2) is 6.29 Å². The van der Waals surface area contributed by atoms with E-state index in [-0.39, 0.29) is 0 Å². The Labute approximate surface area is 138 Å². The molecule has 4 nitrogen and oxygen atoms in total. The van der Waals surface area contributed by atoms with Crippen molar-refractivity contribution in [2.45, 2.75) is 6.92 Å². The van der Waals surface area contributed by atoms with Gasteiger partial charge in [0.25, 0.3) is 0 Å². The van der Waals surface area contributed by atoms with E-state index in [9.17, 15) is 4.79 Å². The molecule has 3 aromatic rings. The maximum Gasteiger partial charge on any atom is 0.215 e. The molecule has 0 N–H and O–H groups in total. The molecule has 0 spiro atoms. The van der Waals surface area contributed by atoms with Crippen LogP contribution in [0.5, 0.6) is 0 Å². The molecule has 1 heterocycles. The van der Waals surface area contributed by atoms with Crippen molar-refractivity contribution in [3.63, 3.8) is 0 Å². The molecule has 23 heavy (non-hydrogen) atoms. The number of carbonyl (C=O) groups is 1. The van der Waals surface area contributed by atoms with E-state index in [1.165, 1.54) is 11.3 Å². The number of benzene rings is 2. The number of para-hydroxylation sites is 1. The summed E-state index contributed by atoms with van der Waals surface area (Å²) < 4.78 is 2.05. The fourth-order valence-electron chi connectivity index (χ4n) is 2.23. The SMILES string of the molecule is Cc1csc(=NN=Cc2ccccc2C=O)n1-c1ccccc1. The maximum atomic E-state index is 11.0. The molecule has 5 heteroatoms. The van der Waals surface area contributed by atoms with Crippen molar-refractivity contribution in [3.8, 4) is 5.69 Å². The average Bonchev–Trinajstić information content (AvgIpc) is 2.97. The van der Waals surface area contributed by atoms with Crippen molar-refractivity contribution in [3.05, 3.63) is 81.6 Å². The van der Waals surface area contributed by atoms with E-state index in [0.29, 0.717) is 5.56 Å². The highest BCUT2D eigenvalue weighted by Gasteiger charge is 2.03. The molecule has 0 aliphatic carbocycles. The Kier molecular flexibility index (Phi) is 4.59. The Morgan fingerprint density at radius 2 is 1.70 bits per heavy atom. The first-order valence-electron chi connectivity index (χ1n) is 7.13. The Bertz CT molecular complexity index is 907. The molecule has 0 unspecified atom stereocenters. The zero-order valence-corrected chi connectivity index (χ0v) is 13.4. The Balaban J connectivity index is 1.98. The third kappa shape index (κ3) is 3.35. The number of hydrogen-bond donors (Lipinski definition) is 0. The molecule has 3 rings (SSSR count). The van der Waals surface area contributed by atoms with Gasteiger partial charge in [0, 0.05) is 27.9 Å². The Hall–Kier alpha value is -2.79. The van der Waals surface area contributed by atoms with Gasteiger partial charge in [0.2, 0.25) is 4.80 Å². The van der Waals surface area contributed by atoms with Gasteiger partial charge in [-0.1, -0.05) is 42.5 Å². The van der Waals surface area contributed by atoms with E-state index in [1.54, 1.807) is 12.3 Å². The van der Waals surface area contributed by atoms with Crippen molar-refractivity contribution >= 4 is 23.8 Å². The van der Waals surface area contributed by atoms with Crippen LogP contribution < -0.4 is 4.80 Å². The molecule has 0 fully saturated rings. The number of thiazole rings is 1. The quantitative estimate of drug-likeness (QED) is 0.411. The van der Waals surface area contributed by atoms with E-state index in [2.05, 4.69) is 10.2 Å². The lowest BCUT2D eigenvalue weighted by Crippen LogP contribution is -2.13. The first kappa shape index (κ1) is 15.1. The molecular weight excluding hydrogens is 306 g/mol. The van der Waals surface area contributed by atoms with Gasteiger partial charge in [0.1, 0.15) is 0 Å². The molecule has 114 valence electrons. The minimum Gasteiger partial charge on any atom is -0.298 e. The maximum absolute atomic E-state index is 11.0. The number of nitrogens with zero attached hydrogens (tertiary/aromatic N) is 3. The normalized spacial score (nSPS) is 12.0. The molecule has 0 saturated carbocycles. The van der Waals surface area contributed by atoms with Gasteiger partial charge in [-0.15, -0.1) is 16.4 Å². The second kappa shape index (κ2) is 6.98. The third-order valence-corrected chi connectivity index (χ3v) is 4.29. The summed E-state index contributed by atoms with van der Waals surface area (Å²) in [6, 6.07) is 17.3. The summed E-state index contributed by atoms with van der Waals surface area (Å²) in [5.41, 5.74) is 3.51. The average molecular weight is 321 g/mol. The lowest BCUT2D eigenvalue weighted by Gasteiger charge is -2.04. The van der Waals surface area contributed by atoms with E-state index >= 15 is 0 Å². The predicted octanol–water partition coefficient (Wildman–Crippen LogP) is 3.59. The predicted molar refractivity (Wildman–Crippen MR) is 93.4 cm³/mol. The van der Waals surface area contributed by atoms with E-state index in [1.807, 2.05) is 65.4 Å². The lowest BCUT2D eigenvalue weighted by molar-refractivity contribution is 0.112. The summed E-state index contributed by atoms with van der Waals surface area (Å²) in [5.74, 6) is 0. The first-order chi connectivity index (χ1) is 11.3. The number of hydrogen-bond acceptors (Lipinski definition) is 4. The lowest BCUT2D eigenvalue weighted by atomic mass is 10.1. The molecule has 0 amide bonds. The van der Waals surface area contributed by atoms with Crippen molar-refractivity contribution in [2.24, 2.45) is 10.2 Å². The summed E-state index contributed by atoms with van der Waals surface area (Å²) in [6.07, 6.45) is 2.43. The van der Waals surface area contributed by atoms with Crippen LogP contribution in [0.15, 0.2) is 70.2 Å². The third-order valence-electron chi connectivity index (χ3n) is 3.36. The highest BCUT2D eigenvalue weighted by molar-refractivity contribution is 7.07. The minimum absolute atomic E-state index is 0.602. The Morgan fingerprint density at radius 1 is 1.00 bits per heavy atom. The molecule has 2 aromatic carbocycles. The molecule has 0 atom stereocenters. The molecule has 0 bridgehead atoms. The smallest absolute Gasteiger partial charge is 0.215 e. The number of rotatable bonds is 4. The zero-order valence-electron chi connectivity index (χ0n) is 12.6. The number of aromatic nitrogens is 1. The number of carbonyl (C=O) groups excluding carboxylic acids is 1. The van der Waals surface area contributed by atoms with Crippen LogP contribution in [0.1, 0.15) is 21.6 Å². The monoisotopic (exact) mass is 321 g/mol. The van der Waals surface area contributed by atoms with Crippen molar-refractivity contribution in [1.29, 1.82) is 0 Å². The largest absolute Gasteiger partial charge is 0.298 e. The molecule has 0 radical (unpaired) electrons. The van der Waals surface area contributed by atoms with Crippen LogP contribution in [-0.2, 0) is 0 Å². The summed E-state index contributed by atoms with van der Waals surface area (Å²) in [6.45, 7) is 2.04. The molecule has 0 aliphatic rings. The highest BCUT2D eigenvalue weighted by Crippen LogP contribution is 2.10. The summed E-state index contributed by atoms with van der Waals surface area (Å²) in [7, 11) is 0. The van der Waals surface area contributed by atoms with Gasteiger partial charge in [-0.25, -0.2) is 0 Å². The van der Waals surface area contributed by atoms with Crippen LogP contribution in [0.3, 0.4) is 0 Å². The van der Waals surface area contributed by atoms with Crippen LogP contribution in [-0.4, -0.2) is 17.1 Å². The minimum atomic E-state index is 0.602. The molecular formula is C18H15N3OS. The van der Waals surface area contributed by atoms with Gasteiger partial charge in [-0.3, -0.25) is 9.36 Å². The highest BCUT2D eigenvalue weighted by atomic mass is 32.1. The van der Waals surface area contributed by atoms with Gasteiger partial charge in [-0.2, -0.15) is 5.10 Å². The number of aldehydes is 1. The molecule has 0 saturated heterocycles. The van der Waals surface area contributed by atoms with E-state index < -0.39 is 0 Å². The van der Waals surface area contributed by atoms with Crippen molar-refractivity contribution in [1.82, 2.24) is 4.57 Å². The standard InChI is InChI=1S/C18H15N3OS/c1-14-13-23-18(21(14)17-9-3-2-4-10-17)20-19-11-15-7-5-6-8-16(15)12-22/h2-13H,1H3. The van der Waals surface area contributed by atoms with Crippen LogP contribution in [0.25, 0.3) is 5.69 Å². The summed E-state index contributed by atoms with van der Waals surface area (Å²) >= 11 is 1.53. The first-order valence-corrected chi connectivity index (χ1v) is 8.01. The van der Waals surface area contributed by atoms with E-state index in [4.69, 9.17) is 0 Å². The van der Waals surface area contributed by atoms with Gasteiger partial charge in [0.05, 0.1) is 6.21 Å². The van der Waals surface area contributed by atoms with Crippen molar-refractivity contribution in [2.75, 3.05) is 0 Å². The van der Waals surface area contributed by atoms with E-state index in [0.717, 1.165) is 28.0 Å². The van der Waals surface area contributed by atoms with Gasteiger partial charge < -0.3 is 0 Å². The molecule has 0 aliphatic heterocycles. The van der Waals surface area contributed by atoms with Gasteiger partial charge >= 0.3 is 0 Å². The second-order valence-electron chi connectivity index (χ2n) is 4.92. The fraction of sp³-hybridized carbons (Fsp3) is 0.0556. The Morgan fingerprint density at radius 3 is 2.43 bits per heavy atom. The second-order valence-corrected chi connectivity index (χ2v) is 5.76. The van der Waals surface area contributed by atoms with Crippen LogP contribution >= 0.6 is 11.3 Å². The van der Waals surface area contributed by atoms with Crippen LogP contribution in [0, 0.1) is 6.92 Å². The zero-order chi connectivity index (χ0) is 16.1. The van der Waals surface area contributed by atoms with Crippen LogP contribution in [0.2, 0.25) is 0 Å². The fourth-order valence-corrected chi connectivity index (χ4v) is 3.06. The van der Waals surface area contributed by atoms with Crippen LogP contribution in [0.4, 0.5) is 0 Å². The summed E-state index contributed by atoms with van der Waals surface area (Å²) in [5, 5.41) is 10.5. The molecule has 1 aromatic heterocycles.